The number of nitrogens with two attached hydrogens (primary N) is 1. The summed E-state index contributed by atoms with van der Waals surface area (Å²) in [5.74, 6) is 1.24. The molecule has 2 aromatic rings. The summed E-state index contributed by atoms with van der Waals surface area (Å²) in [6, 6.07) is 11.0. The maximum Gasteiger partial charge on any atom is 0.263 e. The minimum Gasteiger partial charge on any atom is -0.497 e. The summed E-state index contributed by atoms with van der Waals surface area (Å²) in [7, 11) is 1.66. The molecule has 1 atom stereocenters. The van der Waals surface area contributed by atoms with E-state index in [2.05, 4.69) is 22.0 Å². The van der Waals surface area contributed by atoms with E-state index >= 15 is 0 Å². The minimum atomic E-state index is -2.50. The van der Waals surface area contributed by atoms with Gasteiger partial charge in [0.15, 0.2) is 5.96 Å². The molecule has 4 rings (SSSR count). The summed E-state index contributed by atoms with van der Waals surface area (Å²) in [6.45, 7) is 0.587. The fourth-order valence-corrected chi connectivity index (χ4v) is 3.64. The van der Waals surface area contributed by atoms with Gasteiger partial charge in [-0.05, 0) is 47.7 Å². The van der Waals surface area contributed by atoms with Crippen molar-refractivity contribution in [3.05, 3.63) is 58.7 Å². The van der Waals surface area contributed by atoms with Crippen LogP contribution >= 0.6 is 0 Å². The predicted octanol–water partition coefficient (Wildman–Crippen LogP) is 3.56. The first kappa shape index (κ1) is 15.9. The van der Waals surface area contributed by atoms with Crippen molar-refractivity contribution < 1.29 is 13.5 Å². The molecule has 25 heavy (non-hydrogen) atoms. The predicted molar refractivity (Wildman–Crippen MR) is 92.4 cm³/mol. The van der Waals surface area contributed by atoms with E-state index in [-0.39, 0.29) is 11.6 Å². The summed E-state index contributed by atoms with van der Waals surface area (Å²) in [4.78, 5) is 6.44. The second-order valence-electron chi connectivity index (χ2n) is 6.48. The molecule has 2 aromatic carbocycles. The van der Waals surface area contributed by atoms with Crippen LogP contribution in [-0.4, -0.2) is 24.0 Å². The second-order valence-corrected chi connectivity index (χ2v) is 6.48. The van der Waals surface area contributed by atoms with Crippen LogP contribution in [0.2, 0.25) is 0 Å². The number of rotatable bonds is 3. The summed E-state index contributed by atoms with van der Waals surface area (Å²) >= 11 is 0. The molecule has 2 aliphatic rings. The lowest BCUT2D eigenvalue weighted by Gasteiger charge is -2.33. The van der Waals surface area contributed by atoms with Crippen molar-refractivity contribution in [3.63, 3.8) is 0 Å². The molecule has 6 heteroatoms. The first-order chi connectivity index (χ1) is 12.0. The van der Waals surface area contributed by atoms with Crippen molar-refractivity contribution >= 4 is 11.6 Å². The average molecular weight is 343 g/mol. The molecule has 1 heterocycles. The number of ether oxygens (including phenoxy) is 1. The number of hydrogen-bond acceptors (Lipinski definition) is 4. The van der Waals surface area contributed by atoms with Gasteiger partial charge in [0, 0.05) is 18.2 Å². The van der Waals surface area contributed by atoms with Gasteiger partial charge in [-0.25, -0.2) is 13.8 Å². The Kier molecular flexibility index (Phi) is 3.82. The van der Waals surface area contributed by atoms with Crippen LogP contribution in [0.5, 0.6) is 5.75 Å². The lowest BCUT2D eigenvalue weighted by Crippen LogP contribution is -2.46. The van der Waals surface area contributed by atoms with E-state index in [1.807, 2.05) is 6.07 Å². The van der Waals surface area contributed by atoms with Gasteiger partial charge in [0.1, 0.15) is 5.75 Å². The highest BCUT2D eigenvalue weighted by Gasteiger charge is 2.31. The van der Waals surface area contributed by atoms with Gasteiger partial charge < -0.3 is 15.4 Å². The normalized spacial score (nSPS) is 18.8. The van der Waals surface area contributed by atoms with Crippen LogP contribution in [0.15, 0.2) is 41.4 Å². The monoisotopic (exact) mass is 343 g/mol. The van der Waals surface area contributed by atoms with Crippen molar-refractivity contribution in [1.29, 1.82) is 0 Å². The first-order valence-corrected chi connectivity index (χ1v) is 8.22. The average Bonchev–Trinajstić information content (AvgIpc) is 3.03. The maximum absolute atomic E-state index is 12.9. The highest BCUT2D eigenvalue weighted by Crippen LogP contribution is 2.34. The van der Waals surface area contributed by atoms with Crippen LogP contribution < -0.4 is 10.5 Å². The fourth-order valence-electron chi connectivity index (χ4n) is 3.64. The highest BCUT2D eigenvalue weighted by molar-refractivity contribution is 5.84. The van der Waals surface area contributed by atoms with Gasteiger partial charge in [-0.1, -0.05) is 18.2 Å². The molecule has 0 radical (unpaired) electrons. The maximum atomic E-state index is 12.9. The van der Waals surface area contributed by atoms with Crippen molar-refractivity contribution in [1.82, 2.24) is 4.90 Å². The Morgan fingerprint density at radius 2 is 1.88 bits per heavy atom. The number of guanidine groups is 1. The van der Waals surface area contributed by atoms with Crippen molar-refractivity contribution in [2.75, 3.05) is 7.11 Å². The van der Waals surface area contributed by atoms with Gasteiger partial charge >= 0.3 is 0 Å². The Balaban J connectivity index is 1.58. The Morgan fingerprint density at radius 3 is 2.64 bits per heavy atom. The number of hydrogen-bond donors (Lipinski definition) is 1. The summed E-state index contributed by atoms with van der Waals surface area (Å²) < 4.78 is 31.0. The molecule has 0 unspecified atom stereocenters. The van der Waals surface area contributed by atoms with E-state index in [0.29, 0.717) is 18.2 Å². The topological polar surface area (TPSA) is 50.8 Å². The molecule has 0 bridgehead atoms. The SMILES string of the molecule is COc1ccc2c(c1)C[C@H](N1Cc3ccc(C(F)F)cc3N=C1N)C2. The van der Waals surface area contributed by atoms with E-state index in [1.165, 1.54) is 23.3 Å². The van der Waals surface area contributed by atoms with Crippen molar-refractivity contribution in [2.24, 2.45) is 10.7 Å². The molecule has 0 saturated heterocycles. The summed E-state index contributed by atoms with van der Waals surface area (Å²) in [6.07, 6.45) is -0.744. The molecule has 1 aliphatic carbocycles. The number of benzene rings is 2. The van der Waals surface area contributed by atoms with Crippen LogP contribution in [0, 0.1) is 0 Å². The zero-order valence-corrected chi connectivity index (χ0v) is 13.9. The largest absolute Gasteiger partial charge is 0.497 e. The Morgan fingerprint density at radius 1 is 1.12 bits per heavy atom. The molecular formula is C19H19F2N3O. The van der Waals surface area contributed by atoms with Crippen molar-refractivity contribution in [2.45, 2.75) is 31.9 Å². The van der Waals surface area contributed by atoms with Gasteiger partial charge in [0.05, 0.1) is 12.8 Å². The number of aliphatic imine (C=N–C) groups is 1. The highest BCUT2D eigenvalue weighted by atomic mass is 19.3. The quantitative estimate of drug-likeness (QED) is 0.927. The van der Waals surface area contributed by atoms with E-state index in [4.69, 9.17) is 10.5 Å². The molecule has 4 nitrogen and oxygen atoms in total. The van der Waals surface area contributed by atoms with E-state index < -0.39 is 6.43 Å². The Hall–Kier alpha value is -2.63. The standard InChI is InChI=1S/C19H19F2N3O/c1-25-16-5-4-11-6-15(7-14(11)8-16)24-10-13-3-2-12(18(20)21)9-17(13)23-19(24)22/h2-5,8-9,15,18H,6-7,10H2,1H3,(H2,22,23)/t15-/m1/s1. The first-order valence-electron chi connectivity index (χ1n) is 8.22. The number of fused-ring (bicyclic) bond motifs is 2. The Labute approximate surface area is 144 Å². The van der Waals surface area contributed by atoms with E-state index in [0.717, 1.165) is 24.2 Å². The number of nitrogens with zero attached hydrogens (tertiary/aromatic N) is 2. The molecule has 0 aromatic heterocycles. The third kappa shape index (κ3) is 2.81. The molecule has 2 N–H and O–H groups in total. The minimum absolute atomic E-state index is 0.0240. The third-order valence-corrected chi connectivity index (χ3v) is 5.00. The van der Waals surface area contributed by atoms with Crippen LogP contribution in [-0.2, 0) is 19.4 Å². The fraction of sp³-hybridized carbons (Fsp3) is 0.316. The number of halogens is 2. The van der Waals surface area contributed by atoms with Crippen molar-refractivity contribution in [3.8, 4) is 5.75 Å². The molecule has 1 aliphatic heterocycles. The Bertz CT molecular complexity index is 851. The van der Waals surface area contributed by atoms with Crippen LogP contribution in [0.1, 0.15) is 28.7 Å². The molecule has 0 fully saturated rings. The van der Waals surface area contributed by atoms with Crippen LogP contribution in [0.4, 0.5) is 14.5 Å². The van der Waals surface area contributed by atoms with E-state index in [1.54, 1.807) is 13.2 Å². The zero-order valence-electron chi connectivity index (χ0n) is 13.9. The van der Waals surface area contributed by atoms with Gasteiger partial charge in [-0.2, -0.15) is 0 Å². The number of alkyl halides is 2. The molecular weight excluding hydrogens is 324 g/mol. The molecule has 130 valence electrons. The van der Waals surface area contributed by atoms with Gasteiger partial charge in [-0.15, -0.1) is 0 Å². The summed E-state index contributed by atoms with van der Waals surface area (Å²) in [5, 5.41) is 0. The summed E-state index contributed by atoms with van der Waals surface area (Å²) in [5.41, 5.74) is 10.1. The lowest BCUT2D eigenvalue weighted by atomic mass is 10.1. The second kappa shape index (κ2) is 6.02. The van der Waals surface area contributed by atoms with Gasteiger partial charge in [0.2, 0.25) is 0 Å². The molecule has 0 amide bonds. The lowest BCUT2D eigenvalue weighted by molar-refractivity contribution is 0.151. The van der Waals surface area contributed by atoms with Crippen LogP contribution in [0.3, 0.4) is 0 Å². The molecule has 0 saturated carbocycles. The van der Waals surface area contributed by atoms with Gasteiger partial charge in [0.25, 0.3) is 6.43 Å². The molecule has 0 spiro atoms. The van der Waals surface area contributed by atoms with E-state index in [9.17, 15) is 8.78 Å². The number of methoxy groups -OCH3 is 1. The smallest absolute Gasteiger partial charge is 0.263 e. The third-order valence-electron chi connectivity index (χ3n) is 5.00. The zero-order chi connectivity index (χ0) is 17.6. The van der Waals surface area contributed by atoms with Gasteiger partial charge in [-0.3, -0.25) is 0 Å². The van der Waals surface area contributed by atoms with Crippen LogP contribution in [0.25, 0.3) is 0 Å².